The van der Waals surface area contributed by atoms with Crippen LogP contribution in [0.3, 0.4) is 0 Å². The van der Waals surface area contributed by atoms with Crippen LogP contribution in [0.25, 0.3) is 0 Å². The molecule has 2 atom stereocenters. The largest absolute Gasteiger partial charge is 0.493 e. The molecule has 1 N–H and O–H groups in total. The molecule has 0 aromatic heterocycles. The van der Waals surface area contributed by atoms with Gasteiger partial charge in [-0.3, -0.25) is 4.79 Å². The van der Waals surface area contributed by atoms with Crippen molar-refractivity contribution < 1.29 is 14.3 Å². The number of methoxy groups -OCH3 is 2. The predicted octanol–water partition coefficient (Wildman–Crippen LogP) is 3.88. The Morgan fingerprint density at radius 1 is 1.18 bits per heavy atom. The van der Waals surface area contributed by atoms with Crippen LogP contribution in [-0.4, -0.2) is 20.1 Å². The van der Waals surface area contributed by atoms with Gasteiger partial charge in [-0.05, 0) is 37.3 Å². The summed E-state index contributed by atoms with van der Waals surface area (Å²) >= 11 is 0. The van der Waals surface area contributed by atoms with E-state index in [0.717, 1.165) is 5.69 Å². The van der Waals surface area contributed by atoms with Gasteiger partial charge < -0.3 is 14.8 Å². The highest BCUT2D eigenvalue weighted by atomic mass is 16.5. The second-order valence-corrected chi connectivity index (χ2v) is 6.63. The van der Waals surface area contributed by atoms with Crippen LogP contribution in [0.15, 0.2) is 29.8 Å². The zero-order valence-corrected chi connectivity index (χ0v) is 14.2. The Hall–Kier alpha value is -1.97. The third-order valence-corrected chi connectivity index (χ3v) is 4.36. The maximum atomic E-state index is 12.5. The van der Waals surface area contributed by atoms with Crippen molar-refractivity contribution in [3.63, 3.8) is 0 Å². The van der Waals surface area contributed by atoms with Crippen LogP contribution >= 0.6 is 0 Å². The molecule has 2 rings (SSSR count). The fourth-order valence-electron chi connectivity index (χ4n) is 2.98. The molecular formula is C18H25NO3. The molecule has 0 saturated heterocycles. The van der Waals surface area contributed by atoms with Crippen LogP contribution in [0.1, 0.15) is 27.7 Å². The molecule has 0 spiro atoms. The summed E-state index contributed by atoms with van der Waals surface area (Å²) in [5.41, 5.74) is 1.98. The second kappa shape index (κ2) is 6.03. The van der Waals surface area contributed by atoms with Crippen LogP contribution in [-0.2, 0) is 4.79 Å². The Kier molecular flexibility index (Phi) is 4.50. The number of ether oxygens (including phenoxy) is 2. The first kappa shape index (κ1) is 16.4. The van der Waals surface area contributed by atoms with Gasteiger partial charge in [0.25, 0.3) is 0 Å². The number of benzene rings is 1. The average Bonchev–Trinajstić information content (AvgIpc) is 2.98. The first-order chi connectivity index (χ1) is 10.3. The SMILES string of the molecule is COc1ccc(NC(=O)[C@@H]2[C@H](C=C(C)C)C2(C)C)cc1OC. The van der Waals surface area contributed by atoms with Gasteiger partial charge in [-0.25, -0.2) is 0 Å². The van der Waals surface area contributed by atoms with E-state index in [-0.39, 0.29) is 17.2 Å². The van der Waals surface area contributed by atoms with Crippen LogP contribution < -0.4 is 14.8 Å². The fraction of sp³-hybridized carbons (Fsp3) is 0.500. The van der Waals surface area contributed by atoms with Crippen LogP contribution in [0.4, 0.5) is 5.69 Å². The molecule has 1 saturated carbocycles. The summed E-state index contributed by atoms with van der Waals surface area (Å²) in [5.74, 6) is 1.62. The van der Waals surface area contributed by atoms with Crippen molar-refractivity contribution in [1.82, 2.24) is 0 Å². The number of carbonyl (C=O) groups excluding carboxylic acids is 1. The Bertz CT molecular complexity index is 600. The van der Waals surface area contributed by atoms with Gasteiger partial charge in [-0.2, -0.15) is 0 Å². The summed E-state index contributed by atoms with van der Waals surface area (Å²) in [6.07, 6.45) is 2.19. The van der Waals surface area contributed by atoms with Gasteiger partial charge in [-0.15, -0.1) is 0 Å². The maximum Gasteiger partial charge on any atom is 0.228 e. The number of hydrogen-bond acceptors (Lipinski definition) is 3. The Labute approximate surface area is 132 Å². The summed E-state index contributed by atoms with van der Waals surface area (Å²) in [6.45, 7) is 8.40. The lowest BCUT2D eigenvalue weighted by atomic mass is 10.1. The molecule has 1 aliphatic rings. The quantitative estimate of drug-likeness (QED) is 0.840. The number of anilines is 1. The molecule has 120 valence electrons. The van der Waals surface area contributed by atoms with Gasteiger partial charge in [-0.1, -0.05) is 25.5 Å². The molecule has 1 aliphatic carbocycles. The lowest BCUT2D eigenvalue weighted by Gasteiger charge is -2.11. The number of hydrogen-bond donors (Lipinski definition) is 1. The molecule has 0 unspecified atom stereocenters. The second-order valence-electron chi connectivity index (χ2n) is 6.63. The highest BCUT2D eigenvalue weighted by Crippen LogP contribution is 2.59. The van der Waals surface area contributed by atoms with E-state index >= 15 is 0 Å². The number of allylic oxidation sites excluding steroid dienone is 2. The van der Waals surface area contributed by atoms with E-state index in [1.165, 1.54) is 5.57 Å². The lowest BCUT2D eigenvalue weighted by Crippen LogP contribution is -2.16. The van der Waals surface area contributed by atoms with Crippen molar-refractivity contribution >= 4 is 11.6 Å². The number of carbonyl (C=O) groups is 1. The van der Waals surface area contributed by atoms with E-state index in [0.29, 0.717) is 17.4 Å². The summed E-state index contributed by atoms with van der Waals surface area (Å²) in [6, 6.07) is 5.40. The monoisotopic (exact) mass is 303 g/mol. The van der Waals surface area contributed by atoms with Crippen molar-refractivity contribution in [2.24, 2.45) is 17.3 Å². The minimum absolute atomic E-state index is 0.00972. The van der Waals surface area contributed by atoms with Gasteiger partial charge in [0.05, 0.1) is 20.1 Å². The third kappa shape index (κ3) is 3.11. The van der Waals surface area contributed by atoms with E-state index in [2.05, 4.69) is 39.1 Å². The topological polar surface area (TPSA) is 47.6 Å². The maximum absolute atomic E-state index is 12.5. The molecule has 1 amide bonds. The average molecular weight is 303 g/mol. The van der Waals surface area contributed by atoms with Crippen LogP contribution in [0.2, 0.25) is 0 Å². The van der Waals surface area contributed by atoms with Crippen molar-refractivity contribution in [2.75, 3.05) is 19.5 Å². The van der Waals surface area contributed by atoms with Crippen LogP contribution in [0.5, 0.6) is 11.5 Å². The summed E-state index contributed by atoms with van der Waals surface area (Å²) in [5, 5.41) is 2.98. The zero-order valence-electron chi connectivity index (χ0n) is 14.2. The van der Waals surface area contributed by atoms with E-state index in [1.54, 1.807) is 26.4 Å². The Morgan fingerprint density at radius 2 is 1.82 bits per heavy atom. The number of rotatable bonds is 5. The number of amides is 1. The van der Waals surface area contributed by atoms with Crippen molar-refractivity contribution in [3.8, 4) is 11.5 Å². The first-order valence-electron chi connectivity index (χ1n) is 7.49. The fourth-order valence-corrected chi connectivity index (χ4v) is 2.98. The summed E-state index contributed by atoms with van der Waals surface area (Å²) in [4.78, 5) is 12.5. The lowest BCUT2D eigenvalue weighted by molar-refractivity contribution is -0.118. The first-order valence-corrected chi connectivity index (χ1v) is 7.49. The van der Waals surface area contributed by atoms with Crippen molar-refractivity contribution in [1.29, 1.82) is 0 Å². The number of nitrogens with one attached hydrogen (secondary N) is 1. The molecule has 1 fully saturated rings. The molecular weight excluding hydrogens is 278 g/mol. The molecule has 0 aliphatic heterocycles. The smallest absolute Gasteiger partial charge is 0.228 e. The summed E-state index contributed by atoms with van der Waals surface area (Å²) in [7, 11) is 3.17. The van der Waals surface area contributed by atoms with Gasteiger partial charge in [0.2, 0.25) is 5.91 Å². The minimum atomic E-state index is 0.00972. The molecule has 1 aromatic rings. The van der Waals surface area contributed by atoms with E-state index < -0.39 is 0 Å². The zero-order chi connectivity index (χ0) is 16.5. The van der Waals surface area contributed by atoms with Crippen LogP contribution in [0, 0.1) is 17.3 Å². The van der Waals surface area contributed by atoms with E-state index in [4.69, 9.17) is 9.47 Å². The van der Waals surface area contributed by atoms with Gasteiger partial charge >= 0.3 is 0 Å². The van der Waals surface area contributed by atoms with Crippen molar-refractivity contribution in [3.05, 3.63) is 29.8 Å². The van der Waals surface area contributed by atoms with E-state index in [1.807, 2.05) is 6.07 Å². The highest BCUT2D eigenvalue weighted by Gasteiger charge is 2.60. The third-order valence-electron chi connectivity index (χ3n) is 4.36. The Balaban J connectivity index is 2.12. The normalized spacial score (nSPS) is 21.7. The molecule has 4 heteroatoms. The van der Waals surface area contributed by atoms with Gasteiger partial charge in [0.1, 0.15) is 0 Å². The Morgan fingerprint density at radius 3 is 2.36 bits per heavy atom. The predicted molar refractivity (Wildman–Crippen MR) is 88.4 cm³/mol. The summed E-state index contributed by atoms with van der Waals surface area (Å²) < 4.78 is 10.5. The molecule has 0 radical (unpaired) electrons. The van der Waals surface area contributed by atoms with Gasteiger partial charge in [0.15, 0.2) is 11.5 Å². The standard InChI is InChI=1S/C18H25NO3/c1-11(2)9-13-16(18(13,3)4)17(20)19-12-7-8-14(21-5)15(10-12)22-6/h7-10,13,16H,1-6H3,(H,19,20)/t13-,16-/m0/s1. The molecule has 0 heterocycles. The molecule has 1 aromatic carbocycles. The van der Waals surface area contributed by atoms with Crippen molar-refractivity contribution in [2.45, 2.75) is 27.7 Å². The van der Waals surface area contributed by atoms with Gasteiger partial charge in [0, 0.05) is 11.8 Å². The minimum Gasteiger partial charge on any atom is -0.493 e. The molecule has 22 heavy (non-hydrogen) atoms. The molecule has 0 bridgehead atoms. The van der Waals surface area contributed by atoms with E-state index in [9.17, 15) is 4.79 Å². The molecule has 4 nitrogen and oxygen atoms in total. The highest BCUT2D eigenvalue weighted by molar-refractivity contribution is 5.96.